The highest BCUT2D eigenvalue weighted by Crippen LogP contribution is 2.31. The van der Waals surface area contributed by atoms with E-state index in [2.05, 4.69) is 0 Å². The summed E-state index contributed by atoms with van der Waals surface area (Å²) >= 11 is 11.8. The summed E-state index contributed by atoms with van der Waals surface area (Å²) in [6.45, 7) is 0. The molecule has 15 heavy (non-hydrogen) atoms. The quantitative estimate of drug-likeness (QED) is 0.893. The van der Waals surface area contributed by atoms with Crippen LogP contribution in [0.4, 0.5) is 0 Å². The zero-order chi connectivity index (χ0) is 11.6. The summed E-state index contributed by atoms with van der Waals surface area (Å²) in [4.78, 5) is 12.6. The van der Waals surface area contributed by atoms with Gasteiger partial charge in [0.1, 0.15) is 6.04 Å². The molecule has 0 spiro atoms. The number of carbonyl (C=O) groups is 1. The second kappa shape index (κ2) is 4.84. The Balaban J connectivity index is 3.23. The smallest absolute Gasteiger partial charge is 0.325 e. The first-order valence-corrected chi connectivity index (χ1v) is 5.04. The predicted octanol–water partition coefficient (Wildman–Crippen LogP) is 2.68. The second-order valence-electron chi connectivity index (χ2n) is 3.35. The molecule has 1 aromatic carbocycles. The molecule has 0 saturated carbocycles. The SMILES string of the molecule is CN(C)C(C(=O)O)c1cccc(Cl)c1Cl. The lowest BCUT2D eigenvalue weighted by Gasteiger charge is -2.21. The lowest BCUT2D eigenvalue weighted by Crippen LogP contribution is -2.27. The fraction of sp³-hybridized carbons (Fsp3) is 0.300. The van der Waals surface area contributed by atoms with Gasteiger partial charge in [0, 0.05) is 5.56 Å². The third-order valence-electron chi connectivity index (χ3n) is 2.03. The molecule has 82 valence electrons. The number of aliphatic carboxylic acids is 1. The van der Waals surface area contributed by atoms with Crippen LogP contribution in [-0.4, -0.2) is 30.1 Å². The van der Waals surface area contributed by atoms with Crippen molar-refractivity contribution in [3.05, 3.63) is 33.8 Å². The van der Waals surface area contributed by atoms with Crippen LogP contribution in [0.2, 0.25) is 10.0 Å². The largest absolute Gasteiger partial charge is 0.480 e. The molecule has 0 radical (unpaired) electrons. The standard InChI is InChI=1S/C10H11Cl2NO2/c1-13(2)9(10(14)15)6-4-3-5-7(11)8(6)12/h3-5,9H,1-2H3,(H,14,15). The number of hydrogen-bond acceptors (Lipinski definition) is 2. The molecule has 0 aromatic heterocycles. The summed E-state index contributed by atoms with van der Waals surface area (Å²) in [5, 5.41) is 9.72. The van der Waals surface area contributed by atoms with E-state index in [4.69, 9.17) is 28.3 Å². The summed E-state index contributed by atoms with van der Waals surface area (Å²) in [5.41, 5.74) is 0.502. The molecule has 0 saturated heterocycles. The highest BCUT2D eigenvalue weighted by atomic mass is 35.5. The molecule has 0 fully saturated rings. The Morgan fingerprint density at radius 2 is 2.00 bits per heavy atom. The van der Waals surface area contributed by atoms with Crippen LogP contribution in [0, 0.1) is 0 Å². The van der Waals surface area contributed by atoms with Gasteiger partial charge in [0.15, 0.2) is 0 Å². The molecular formula is C10H11Cl2NO2. The average Bonchev–Trinajstić information content (AvgIpc) is 2.11. The van der Waals surface area contributed by atoms with E-state index in [9.17, 15) is 4.79 Å². The summed E-state index contributed by atoms with van der Waals surface area (Å²) in [5.74, 6) is -0.954. The lowest BCUT2D eigenvalue weighted by atomic mass is 10.1. The van der Waals surface area contributed by atoms with E-state index in [1.54, 1.807) is 37.2 Å². The van der Waals surface area contributed by atoms with Gasteiger partial charge in [-0.15, -0.1) is 0 Å². The summed E-state index contributed by atoms with van der Waals surface area (Å²) < 4.78 is 0. The maximum atomic E-state index is 11.1. The zero-order valence-corrected chi connectivity index (χ0v) is 9.88. The van der Waals surface area contributed by atoms with Gasteiger partial charge in [-0.05, 0) is 20.2 Å². The van der Waals surface area contributed by atoms with Gasteiger partial charge in [0.25, 0.3) is 0 Å². The number of carboxylic acids is 1. The van der Waals surface area contributed by atoms with Gasteiger partial charge in [-0.2, -0.15) is 0 Å². The van der Waals surface area contributed by atoms with Gasteiger partial charge in [0.2, 0.25) is 0 Å². The minimum atomic E-state index is -0.954. The molecule has 1 rings (SSSR count). The Morgan fingerprint density at radius 3 is 2.47 bits per heavy atom. The van der Waals surface area contributed by atoms with E-state index < -0.39 is 12.0 Å². The monoisotopic (exact) mass is 247 g/mol. The van der Waals surface area contributed by atoms with Crippen molar-refractivity contribution >= 4 is 29.2 Å². The Labute approximate surface area is 98.2 Å². The van der Waals surface area contributed by atoms with E-state index in [0.29, 0.717) is 15.6 Å². The Bertz CT molecular complexity index is 380. The summed E-state index contributed by atoms with van der Waals surface area (Å²) in [7, 11) is 3.35. The number of rotatable bonds is 3. The average molecular weight is 248 g/mol. The van der Waals surface area contributed by atoms with E-state index in [1.807, 2.05) is 0 Å². The van der Waals surface area contributed by atoms with Crippen LogP contribution in [0.25, 0.3) is 0 Å². The molecule has 3 nitrogen and oxygen atoms in total. The first-order valence-electron chi connectivity index (χ1n) is 4.28. The normalized spacial score (nSPS) is 12.9. The van der Waals surface area contributed by atoms with Gasteiger partial charge in [-0.1, -0.05) is 35.3 Å². The van der Waals surface area contributed by atoms with Crippen molar-refractivity contribution in [2.75, 3.05) is 14.1 Å². The van der Waals surface area contributed by atoms with Crippen molar-refractivity contribution in [3.63, 3.8) is 0 Å². The van der Waals surface area contributed by atoms with Crippen molar-refractivity contribution in [3.8, 4) is 0 Å². The predicted molar refractivity (Wildman–Crippen MR) is 60.5 cm³/mol. The molecular weight excluding hydrogens is 237 g/mol. The van der Waals surface area contributed by atoms with Crippen molar-refractivity contribution in [2.45, 2.75) is 6.04 Å². The van der Waals surface area contributed by atoms with Crippen LogP contribution in [0.3, 0.4) is 0 Å². The second-order valence-corrected chi connectivity index (χ2v) is 4.13. The maximum Gasteiger partial charge on any atom is 0.325 e. The lowest BCUT2D eigenvalue weighted by molar-refractivity contribution is -0.142. The van der Waals surface area contributed by atoms with E-state index in [-0.39, 0.29) is 0 Å². The maximum absolute atomic E-state index is 11.1. The number of benzene rings is 1. The highest BCUT2D eigenvalue weighted by Gasteiger charge is 2.25. The number of likely N-dealkylation sites (N-methyl/N-ethyl adjacent to an activating group) is 1. The number of carboxylic acid groups (broad SMARTS) is 1. The fourth-order valence-electron chi connectivity index (χ4n) is 1.36. The molecule has 1 atom stereocenters. The van der Waals surface area contributed by atoms with Gasteiger partial charge in [-0.3, -0.25) is 9.69 Å². The van der Waals surface area contributed by atoms with Crippen LogP contribution < -0.4 is 0 Å². The van der Waals surface area contributed by atoms with Crippen LogP contribution in [0.15, 0.2) is 18.2 Å². The first kappa shape index (κ1) is 12.3. The van der Waals surface area contributed by atoms with Crippen LogP contribution in [0.5, 0.6) is 0 Å². The van der Waals surface area contributed by atoms with E-state index in [1.165, 1.54) is 0 Å². The number of nitrogens with zero attached hydrogens (tertiary/aromatic N) is 1. The van der Waals surface area contributed by atoms with Gasteiger partial charge in [-0.25, -0.2) is 0 Å². The van der Waals surface area contributed by atoms with Gasteiger partial charge < -0.3 is 5.11 Å². The molecule has 1 aromatic rings. The highest BCUT2D eigenvalue weighted by molar-refractivity contribution is 6.42. The number of halogens is 2. The molecule has 0 heterocycles. The topological polar surface area (TPSA) is 40.5 Å². The van der Waals surface area contributed by atoms with Crippen molar-refractivity contribution in [1.82, 2.24) is 4.90 Å². The molecule has 5 heteroatoms. The fourth-order valence-corrected chi connectivity index (χ4v) is 1.77. The molecule has 0 aliphatic heterocycles. The van der Waals surface area contributed by atoms with Crippen LogP contribution in [-0.2, 0) is 4.79 Å². The third-order valence-corrected chi connectivity index (χ3v) is 2.86. The first-order chi connectivity index (χ1) is 6.95. The van der Waals surface area contributed by atoms with E-state index >= 15 is 0 Å². The molecule has 0 bridgehead atoms. The minimum absolute atomic E-state index is 0.292. The van der Waals surface area contributed by atoms with Crippen molar-refractivity contribution < 1.29 is 9.90 Å². The Morgan fingerprint density at radius 1 is 1.40 bits per heavy atom. The molecule has 1 N–H and O–H groups in total. The zero-order valence-electron chi connectivity index (χ0n) is 8.37. The number of hydrogen-bond donors (Lipinski definition) is 1. The Hall–Kier alpha value is -0.770. The summed E-state index contributed by atoms with van der Waals surface area (Å²) in [6.07, 6.45) is 0. The van der Waals surface area contributed by atoms with Crippen molar-refractivity contribution in [2.24, 2.45) is 0 Å². The molecule has 0 aliphatic rings. The van der Waals surface area contributed by atoms with Gasteiger partial charge in [0.05, 0.1) is 10.0 Å². The van der Waals surface area contributed by atoms with Crippen LogP contribution >= 0.6 is 23.2 Å². The third kappa shape index (κ3) is 2.62. The Kier molecular flexibility index (Phi) is 3.97. The molecule has 0 aliphatic carbocycles. The summed E-state index contributed by atoms with van der Waals surface area (Å²) in [6, 6.07) is 4.19. The van der Waals surface area contributed by atoms with Crippen LogP contribution in [0.1, 0.15) is 11.6 Å². The molecule has 1 unspecified atom stereocenters. The van der Waals surface area contributed by atoms with E-state index in [0.717, 1.165) is 0 Å². The minimum Gasteiger partial charge on any atom is -0.480 e. The van der Waals surface area contributed by atoms with Crippen molar-refractivity contribution in [1.29, 1.82) is 0 Å². The van der Waals surface area contributed by atoms with Gasteiger partial charge >= 0.3 is 5.97 Å². The molecule has 0 amide bonds.